The highest BCUT2D eigenvalue weighted by Crippen LogP contribution is 2.22. The van der Waals surface area contributed by atoms with Crippen LogP contribution in [0.25, 0.3) is 0 Å². The number of anilines is 1. The number of pyridine rings is 1. The molecule has 1 aliphatic rings. The summed E-state index contributed by atoms with van der Waals surface area (Å²) in [6.07, 6.45) is 2.05. The Morgan fingerprint density at radius 1 is 1.50 bits per heavy atom. The fraction of sp³-hybridized carbons (Fsp3) is 0.500. The molecule has 0 unspecified atom stereocenters. The lowest BCUT2D eigenvalue weighted by molar-refractivity contribution is -0.384. The first-order valence-corrected chi connectivity index (χ1v) is 6.66. The minimum Gasteiger partial charge on any atom is -0.350 e. The van der Waals surface area contributed by atoms with Crippen LogP contribution in [0.3, 0.4) is 0 Å². The predicted molar refractivity (Wildman–Crippen MR) is 75.0 cm³/mol. The fourth-order valence-corrected chi connectivity index (χ4v) is 2.32. The number of nitrogens with zero attached hydrogens (tertiary/aromatic N) is 4. The van der Waals surface area contributed by atoms with Crippen molar-refractivity contribution in [3.05, 3.63) is 27.4 Å². The molecule has 0 bridgehead atoms. The standard InChI is InChI=1S/C12H15ClN4O3/c1-15(8-12(18)16-4-2-3-5-16)11-7-9(17(19)20)6-10(13)14-11/h6-7H,2-5,8H2,1H3. The summed E-state index contributed by atoms with van der Waals surface area (Å²) in [6, 6.07) is 2.49. The van der Waals surface area contributed by atoms with Crippen LogP contribution in [0.5, 0.6) is 0 Å². The molecular formula is C12H15ClN4O3. The van der Waals surface area contributed by atoms with E-state index in [-0.39, 0.29) is 23.3 Å². The summed E-state index contributed by atoms with van der Waals surface area (Å²) in [6.45, 7) is 1.68. The number of likely N-dealkylation sites (N-methyl/N-ethyl adjacent to an activating group) is 1. The van der Waals surface area contributed by atoms with E-state index in [9.17, 15) is 14.9 Å². The van der Waals surface area contributed by atoms with Crippen LogP contribution in [0, 0.1) is 10.1 Å². The largest absolute Gasteiger partial charge is 0.350 e. The number of aromatic nitrogens is 1. The maximum atomic E-state index is 12.0. The van der Waals surface area contributed by atoms with E-state index in [1.807, 2.05) is 0 Å². The van der Waals surface area contributed by atoms with Gasteiger partial charge in [-0.05, 0) is 12.8 Å². The summed E-state index contributed by atoms with van der Waals surface area (Å²) in [5.41, 5.74) is -0.138. The molecule has 1 aromatic rings. The van der Waals surface area contributed by atoms with E-state index in [2.05, 4.69) is 4.98 Å². The lowest BCUT2D eigenvalue weighted by atomic mass is 10.3. The third kappa shape index (κ3) is 3.36. The lowest BCUT2D eigenvalue weighted by Crippen LogP contribution is -2.37. The molecule has 0 N–H and O–H groups in total. The zero-order valence-electron chi connectivity index (χ0n) is 11.1. The van der Waals surface area contributed by atoms with E-state index in [4.69, 9.17) is 11.6 Å². The van der Waals surface area contributed by atoms with Gasteiger partial charge in [-0.25, -0.2) is 4.98 Å². The molecule has 0 aliphatic carbocycles. The van der Waals surface area contributed by atoms with Crippen molar-refractivity contribution in [1.29, 1.82) is 0 Å². The third-order valence-electron chi connectivity index (χ3n) is 3.20. The molecule has 0 atom stereocenters. The molecule has 8 heteroatoms. The summed E-state index contributed by atoms with van der Waals surface area (Å²) in [5, 5.41) is 10.8. The van der Waals surface area contributed by atoms with Crippen LogP contribution in [0.2, 0.25) is 5.15 Å². The first kappa shape index (κ1) is 14.5. The quantitative estimate of drug-likeness (QED) is 0.480. The molecule has 0 aromatic carbocycles. The molecule has 1 aliphatic heterocycles. The van der Waals surface area contributed by atoms with Crippen LogP contribution in [0.4, 0.5) is 11.5 Å². The number of likely N-dealkylation sites (tertiary alicyclic amines) is 1. The number of hydrogen-bond acceptors (Lipinski definition) is 5. The number of amides is 1. The fourth-order valence-electron chi connectivity index (χ4n) is 2.12. The van der Waals surface area contributed by atoms with Gasteiger partial charge in [-0.2, -0.15) is 0 Å². The lowest BCUT2D eigenvalue weighted by Gasteiger charge is -2.22. The number of halogens is 1. The van der Waals surface area contributed by atoms with Crippen LogP contribution in [0.1, 0.15) is 12.8 Å². The van der Waals surface area contributed by atoms with Crippen molar-refractivity contribution in [2.75, 3.05) is 31.6 Å². The van der Waals surface area contributed by atoms with Gasteiger partial charge < -0.3 is 9.80 Å². The maximum absolute atomic E-state index is 12.0. The minimum absolute atomic E-state index is 0.00516. The summed E-state index contributed by atoms with van der Waals surface area (Å²) in [4.78, 5) is 29.6. The molecule has 1 aromatic heterocycles. The molecular weight excluding hydrogens is 284 g/mol. The second-order valence-electron chi connectivity index (χ2n) is 4.71. The van der Waals surface area contributed by atoms with E-state index < -0.39 is 4.92 Å². The molecule has 20 heavy (non-hydrogen) atoms. The summed E-state index contributed by atoms with van der Waals surface area (Å²) in [7, 11) is 1.66. The molecule has 0 radical (unpaired) electrons. The Balaban J connectivity index is 2.10. The predicted octanol–water partition coefficient (Wildman–Crippen LogP) is 1.70. The normalized spacial score (nSPS) is 14.4. The molecule has 108 valence electrons. The number of nitro groups is 1. The Labute approximate surface area is 121 Å². The van der Waals surface area contributed by atoms with Gasteiger partial charge in [0.05, 0.1) is 23.6 Å². The van der Waals surface area contributed by atoms with Crippen LogP contribution in [-0.2, 0) is 4.79 Å². The maximum Gasteiger partial charge on any atom is 0.276 e. The van der Waals surface area contributed by atoms with Crippen LogP contribution < -0.4 is 4.90 Å². The molecule has 1 fully saturated rings. The van der Waals surface area contributed by atoms with Crippen LogP contribution >= 0.6 is 11.6 Å². The highest BCUT2D eigenvalue weighted by Gasteiger charge is 2.20. The highest BCUT2D eigenvalue weighted by atomic mass is 35.5. The SMILES string of the molecule is CN(CC(=O)N1CCCC1)c1cc([N+](=O)[O-])cc(Cl)n1. The summed E-state index contributed by atoms with van der Waals surface area (Å²) in [5.74, 6) is 0.311. The molecule has 7 nitrogen and oxygen atoms in total. The van der Waals surface area contributed by atoms with Crippen LogP contribution in [0.15, 0.2) is 12.1 Å². The smallest absolute Gasteiger partial charge is 0.276 e. The van der Waals surface area contributed by atoms with Crippen molar-refractivity contribution < 1.29 is 9.72 Å². The van der Waals surface area contributed by atoms with Crippen molar-refractivity contribution in [2.45, 2.75) is 12.8 Å². The van der Waals surface area contributed by atoms with Gasteiger partial charge in [0.1, 0.15) is 11.0 Å². The van der Waals surface area contributed by atoms with Gasteiger partial charge in [-0.15, -0.1) is 0 Å². The first-order valence-electron chi connectivity index (χ1n) is 6.28. The molecule has 1 saturated heterocycles. The summed E-state index contributed by atoms with van der Waals surface area (Å²) < 4.78 is 0. The number of carbonyl (C=O) groups is 1. The Morgan fingerprint density at radius 2 is 2.15 bits per heavy atom. The molecule has 2 heterocycles. The van der Waals surface area contributed by atoms with Crippen molar-refractivity contribution in [2.24, 2.45) is 0 Å². The van der Waals surface area contributed by atoms with Gasteiger partial charge in [0, 0.05) is 20.1 Å². The molecule has 0 saturated carbocycles. The topological polar surface area (TPSA) is 79.6 Å². The van der Waals surface area contributed by atoms with Gasteiger partial charge in [0.15, 0.2) is 0 Å². The van der Waals surface area contributed by atoms with E-state index in [0.717, 1.165) is 25.9 Å². The average molecular weight is 299 g/mol. The van der Waals surface area contributed by atoms with Crippen molar-refractivity contribution in [3.63, 3.8) is 0 Å². The zero-order chi connectivity index (χ0) is 14.7. The van der Waals surface area contributed by atoms with E-state index in [1.165, 1.54) is 12.1 Å². The Bertz CT molecular complexity index is 531. The highest BCUT2D eigenvalue weighted by molar-refractivity contribution is 6.29. The minimum atomic E-state index is -0.535. The van der Waals surface area contributed by atoms with Gasteiger partial charge >= 0.3 is 0 Å². The average Bonchev–Trinajstić information content (AvgIpc) is 2.91. The van der Waals surface area contributed by atoms with E-state index >= 15 is 0 Å². The number of hydrogen-bond donors (Lipinski definition) is 0. The van der Waals surface area contributed by atoms with Gasteiger partial charge in [-0.1, -0.05) is 11.6 Å². The number of carbonyl (C=O) groups excluding carboxylic acids is 1. The monoisotopic (exact) mass is 298 g/mol. The second-order valence-corrected chi connectivity index (χ2v) is 5.09. The molecule has 0 spiro atoms. The summed E-state index contributed by atoms with van der Waals surface area (Å²) >= 11 is 5.76. The Hall–Kier alpha value is -1.89. The van der Waals surface area contributed by atoms with Crippen LogP contribution in [-0.4, -0.2) is 47.4 Å². The third-order valence-corrected chi connectivity index (χ3v) is 3.39. The van der Waals surface area contributed by atoms with Crippen molar-refractivity contribution >= 4 is 29.0 Å². The Morgan fingerprint density at radius 3 is 2.75 bits per heavy atom. The van der Waals surface area contributed by atoms with Gasteiger partial charge in [0.2, 0.25) is 5.91 Å². The Kier molecular flexibility index (Phi) is 4.39. The second kappa shape index (κ2) is 6.04. The first-order chi connectivity index (χ1) is 9.47. The van der Waals surface area contributed by atoms with E-state index in [1.54, 1.807) is 16.8 Å². The van der Waals surface area contributed by atoms with Gasteiger partial charge in [-0.3, -0.25) is 14.9 Å². The number of rotatable bonds is 4. The van der Waals surface area contributed by atoms with Crippen molar-refractivity contribution in [1.82, 2.24) is 9.88 Å². The molecule has 1 amide bonds. The van der Waals surface area contributed by atoms with E-state index in [0.29, 0.717) is 5.82 Å². The molecule has 2 rings (SSSR count). The zero-order valence-corrected chi connectivity index (χ0v) is 11.8. The van der Waals surface area contributed by atoms with Gasteiger partial charge in [0.25, 0.3) is 5.69 Å². The van der Waals surface area contributed by atoms with Crippen molar-refractivity contribution in [3.8, 4) is 0 Å².